The second kappa shape index (κ2) is 4.44. The summed E-state index contributed by atoms with van der Waals surface area (Å²) in [5.41, 5.74) is 8.10. The molecule has 0 aliphatic carbocycles. The normalized spacial score (nSPS) is 10.4. The first-order chi connectivity index (χ1) is 7.66. The average molecular weight is 233 g/mol. The molecule has 82 valence electrons. The summed E-state index contributed by atoms with van der Waals surface area (Å²) in [4.78, 5) is 8.46. The predicted molar refractivity (Wildman–Crippen MR) is 62.1 cm³/mol. The Bertz CT molecular complexity index is 514. The fourth-order valence-electron chi connectivity index (χ4n) is 1.06. The molecule has 0 bridgehead atoms. The lowest BCUT2D eigenvalue weighted by atomic mass is 10.4. The number of aryl methyl sites for hydroxylation is 2. The van der Waals surface area contributed by atoms with Crippen LogP contribution in [0.15, 0.2) is 28.5 Å². The van der Waals surface area contributed by atoms with Crippen molar-refractivity contribution in [2.24, 2.45) is 0 Å². The molecule has 0 atom stereocenters. The Balaban J connectivity index is 2.28. The lowest BCUT2D eigenvalue weighted by Gasteiger charge is -2.03. The maximum atomic E-state index is 5.78. The van der Waals surface area contributed by atoms with Crippen LogP contribution in [0.25, 0.3) is 0 Å². The van der Waals surface area contributed by atoms with Crippen molar-refractivity contribution >= 4 is 17.4 Å². The van der Waals surface area contributed by atoms with Crippen molar-refractivity contribution in [2.75, 3.05) is 5.73 Å². The Hall–Kier alpha value is -1.69. The second-order valence-corrected chi connectivity index (χ2v) is 4.22. The van der Waals surface area contributed by atoms with E-state index in [9.17, 15) is 0 Å². The zero-order chi connectivity index (χ0) is 11.5. The zero-order valence-corrected chi connectivity index (χ0v) is 9.82. The number of hydrogen-bond donors (Lipinski definition) is 1. The van der Waals surface area contributed by atoms with Crippen LogP contribution in [0.4, 0.5) is 5.69 Å². The highest BCUT2D eigenvalue weighted by Crippen LogP contribution is 2.26. The third kappa shape index (κ3) is 2.27. The molecule has 2 aromatic rings. The molecule has 0 saturated heterocycles. The van der Waals surface area contributed by atoms with Gasteiger partial charge in [0.2, 0.25) is 5.16 Å². The fraction of sp³-hybridized carbons (Fsp3) is 0.200. The first kappa shape index (κ1) is 10.8. The quantitative estimate of drug-likeness (QED) is 0.849. The summed E-state index contributed by atoms with van der Waals surface area (Å²) < 4.78 is 0. The lowest BCUT2D eigenvalue weighted by molar-refractivity contribution is 0.788. The maximum Gasteiger partial charge on any atom is 0.215 e. The van der Waals surface area contributed by atoms with Gasteiger partial charge in [0, 0.05) is 6.20 Å². The Morgan fingerprint density at radius 2 is 2.00 bits per heavy atom. The van der Waals surface area contributed by atoms with Crippen LogP contribution in [-0.2, 0) is 0 Å². The molecule has 2 rings (SSSR count). The van der Waals surface area contributed by atoms with Gasteiger partial charge in [-0.15, -0.1) is 5.10 Å². The standard InChI is InChI=1S/C10H11N5S/c1-6-7(2)14-15-10(13-6)16-9-8(11)4-3-5-12-9/h3-5H,11H2,1-2H3. The molecule has 0 aromatic carbocycles. The zero-order valence-electron chi connectivity index (χ0n) is 9.01. The first-order valence-electron chi connectivity index (χ1n) is 4.73. The van der Waals surface area contributed by atoms with E-state index in [2.05, 4.69) is 20.2 Å². The molecule has 6 heteroatoms. The van der Waals surface area contributed by atoms with Gasteiger partial charge >= 0.3 is 0 Å². The molecule has 0 fully saturated rings. The van der Waals surface area contributed by atoms with Gasteiger partial charge in [0.15, 0.2) is 0 Å². The third-order valence-corrected chi connectivity index (χ3v) is 2.95. The highest BCUT2D eigenvalue weighted by molar-refractivity contribution is 7.99. The molecular weight excluding hydrogens is 222 g/mol. The number of rotatable bonds is 2. The summed E-state index contributed by atoms with van der Waals surface area (Å²) in [6.45, 7) is 3.77. The molecule has 5 nitrogen and oxygen atoms in total. The number of pyridine rings is 1. The minimum atomic E-state index is 0.563. The molecule has 0 radical (unpaired) electrons. The topological polar surface area (TPSA) is 77.6 Å². The van der Waals surface area contributed by atoms with E-state index in [-0.39, 0.29) is 0 Å². The fourth-order valence-corrected chi connectivity index (χ4v) is 1.79. The van der Waals surface area contributed by atoms with E-state index in [0.29, 0.717) is 15.9 Å². The van der Waals surface area contributed by atoms with Crippen LogP contribution in [0.2, 0.25) is 0 Å². The molecule has 0 aliphatic rings. The van der Waals surface area contributed by atoms with E-state index >= 15 is 0 Å². The van der Waals surface area contributed by atoms with E-state index in [4.69, 9.17) is 5.73 Å². The monoisotopic (exact) mass is 233 g/mol. The van der Waals surface area contributed by atoms with Gasteiger partial charge in [-0.1, -0.05) is 0 Å². The Morgan fingerprint density at radius 1 is 1.19 bits per heavy atom. The lowest BCUT2D eigenvalue weighted by Crippen LogP contribution is -1.98. The minimum absolute atomic E-state index is 0.563. The highest BCUT2D eigenvalue weighted by Gasteiger charge is 2.07. The summed E-state index contributed by atoms with van der Waals surface area (Å²) >= 11 is 1.32. The molecule has 0 saturated carbocycles. The SMILES string of the molecule is Cc1nnc(Sc2ncccc2N)nc1C. The molecule has 2 heterocycles. The van der Waals surface area contributed by atoms with Crippen LogP contribution >= 0.6 is 11.8 Å². The van der Waals surface area contributed by atoms with Crippen LogP contribution in [0, 0.1) is 13.8 Å². The van der Waals surface area contributed by atoms with Gasteiger partial charge in [-0.3, -0.25) is 0 Å². The van der Waals surface area contributed by atoms with Crippen LogP contribution in [-0.4, -0.2) is 20.2 Å². The molecule has 2 aromatic heterocycles. The van der Waals surface area contributed by atoms with Gasteiger partial charge in [-0.05, 0) is 37.7 Å². The smallest absolute Gasteiger partial charge is 0.215 e. The molecule has 0 amide bonds. The number of aromatic nitrogens is 4. The molecule has 0 unspecified atom stereocenters. The van der Waals surface area contributed by atoms with Crippen molar-refractivity contribution in [1.82, 2.24) is 20.2 Å². The Labute approximate surface area is 97.5 Å². The van der Waals surface area contributed by atoms with E-state index in [1.165, 1.54) is 11.8 Å². The Morgan fingerprint density at radius 3 is 2.69 bits per heavy atom. The summed E-state index contributed by atoms with van der Waals surface area (Å²) in [7, 11) is 0. The van der Waals surface area contributed by atoms with E-state index in [1.807, 2.05) is 13.8 Å². The number of anilines is 1. The largest absolute Gasteiger partial charge is 0.397 e. The van der Waals surface area contributed by atoms with Crippen LogP contribution in [0.3, 0.4) is 0 Å². The molecule has 2 N–H and O–H groups in total. The summed E-state index contributed by atoms with van der Waals surface area (Å²) in [5.74, 6) is 0. The maximum absolute atomic E-state index is 5.78. The van der Waals surface area contributed by atoms with Crippen LogP contribution in [0.5, 0.6) is 0 Å². The number of hydrogen-bond acceptors (Lipinski definition) is 6. The van der Waals surface area contributed by atoms with Crippen molar-refractivity contribution in [1.29, 1.82) is 0 Å². The van der Waals surface area contributed by atoms with Gasteiger partial charge in [0.25, 0.3) is 0 Å². The van der Waals surface area contributed by atoms with Crippen molar-refractivity contribution in [3.8, 4) is 0 Å². The Kier molecular flexibility index (Phi) is 3.00. The summed E-state index contributed by atoms with van der Waals surface area (Å²) in [5, 5.41) is 9.25. The van der Waals surface area contributed by atoms with Crippen molar-refractivity contribution in [3.63, 3.8) is 0 Å². The van der Waals surface area contributed by atoms with Crippen LogP contribution < -0.4 is 5.73 Å². The molecule has 0 aliphatic heterocycles. The average Bonchev–Trinajstić information content (AvgIpc) is 2.27. The first-order valence-corrected chi connectivity index (χ1v) is 5.54. The molecule has 0 spiro atoms. The van der Waals surface area contributed by atoms with Gasteiger partial charge in [0.1, 0.15) is 5.03 Å². The number of nitrogens with zero attached hydrogens (tertiary/aromatic N) is 4. The number of nitrogens with two attached hydrogens (primary N) is 1. The number of nitrogen functional groups attached to an aromatic ring is 1. The molecular formula is C10H11N5S. The molecule has 16 heavy (non-hydrogen) atoms. The van der Waals surface area contributed by atoms with E-state index in [0.717, 1.165) is 11.4 Å². The predicted octanol–water partition coefficient (Wildman–Crippen LogP) is 1.62. The summed E-state index contributed by atoms with van der Waals surface area (Å²) in [6.07, 6.45) is 1.69. The van der Waals surface area contributed by atoms with Crippen molar-refractivity contribution in [3.05, 3.63) is 29.7 Å². The van der Waals surface area contributed by atoms with Gasteiger partial charge in [0.05, 0.1) is 17.1 Å². The minimum Gasteiger partial charge on any atom is -0.397 e. The van der Waals surface area contributed by atoms with Crippen molar-refractivity contribution < 1.29 is 0 Å². The van der Waals surface area contributed by atoms with Crippen molar-refractivity contribution in [2.45, 2.75) is 24.0 Å². The van der Waals surface area contributed by atoms with E-state index in [1.54, 1.807) is 18.3 Å². The van der Waals surface area contributed by atoms with E-state index < -0.39 is 0 Å². The highest BCUT2D eigenvalue weighted by atomic mass is 32.2. The second-order valence-electron chi connectivity index (χ2n) is 3.27. The third-order valence-electron chi connectivity index (χ3n) is 2.06. The van der Waals surface area contributed by atoms with Crippen LogP contribution in [0.1, 0.15) is 11.4 Å². The van der Waals surface area contributed by atoms with Gasteiger partial charge in [-0.25, -0.2) is 9.97 Å². The summed E-state index contributed by atoms with van der Waals surface area (Å²) in [6, 6.07) is 3.59. The van der Waals surface area contributed by atoms with Gasteiger partial charge < -0.3 is 5.73 Å². The van der Waals surface area contributed by atoms with Gasteiger partial charge in [-0.2, -0.15) is 5.10 Å².